The third-order valence-corrected chi connectivity index (χ3v) is 19.7. The van der Waals surface area contributed by atoms with Crippen LogP contribution < -0.4 is 0 Å². The van der Waals surface area contributed by atoms with Crippen LogP contribution in [0.3, 0.4) is 0 Å². The first kappa shape index (κ1) is 39.4. The van der Waals surface area contributed by atoms with Gasteiger partial charge >= 0.3 is 35.2 Å². The van der Waals surface area contributed by atoms with Gasteiger partial charge in [-0.2, -0.15) is 0 Å². The Labute approximate surface area is 242 Å². The number of hydrogen-bond acceptors (Lipinski definition) is 11. The SMILES string of the molecule is CCO[Si](CC[Si](OCC)(OCC)O[Si](CC[Si](OCC)(OCC)OCC)(OCC)OCC)(OCC)OCC. The van der Waals surface area contributed by atoms with Crippen LogP contribution in [0.1, 0.15) is 69.2 Å². The quantitative estimate of drug-likeness (QED) is 0.107. The van der Waals surface area contributed by atoms with Crippen molar-refractivity contribution in [1.29, 1.82) is 0 Å². The monoisotopic (exact) mass is 634 g/mol. The van der Waals surface area contributed by atoms with Crippen molar-refractivity contribution in [3.8, 4) is 0 Å². The summed E-state index contributed by atoms with van der Waals surface area (Å²) < 4.78 is 69.1. The van der Waals surface area contributed by atoms with Gasteiger partial charge in [-0.05, 0) is 69.2 Å². The van der Waals surface area contributed by atoms with E-state index in [1.807, 2.05) is 69.2 Å². The Bertz CT molecular complexity index is 498. The first-order valence-electron chi connectivity index (χ1n) is 14.8. The Balaban J connectivity index is 6.43. The lowest BCUT2D eigenvalue weighted by Crippen LogP contribution is -2.61. The third-order valence-electron chi connectivity index (χ3n) is 5.43. The standard InChI is InChI=1S/C24H58O11Si4/c1-11-25-36(26-12-2,27-13-3)21-23-38(31-17-7,32-18-8)35-39(33-19-9,34-20-10)24-22-37(28-14-4,29-15-5)30-16-6/h11-24H2,1-10H3. The van der Waals surface area contributed by atoms with E-state index in [-0.39, 0.29) is 0 Å². The molecule has 39 heavy (non-hydrogen) atoms. The Kier molecular flexibility index (Phi) is 22.3. The van der Waals surface area contributed by atoms with Gasteiger partial charge in [0, 0.05) is 90.2 Å². The highest BCUT2D eigenvalue weighted by Gasteiger charge is 2.57. The molecular weight excluding hydrogens is 577 g/mol. The van der Waals surface area contributed by atoms with Crippen LogP contribution in [-0.4, -0.2) is 101 Å². The molecule has 0 aliphatic heterocycles. The van der Waals surface area contributed by atoms with E-state index in [0.717, 1.165) is 0 Å². The summed E-state index contributed by atoms with van der Waals surface area (Å²) in [6, 6.07) is 1.88. The molecule has 0 aromatic carbocycles. The van der Waals surface area contributed by atoms with Crippen molar-refractivity contribution in [3.05, 3.63) is 0 Å². The van der Waals surface area contributed by atoms with Gasteiger partial charge in [0.25, 0.3) is 0 Å². The minimum Gasteiger partial charge on any atom is -0.374 e. The van der Waals surface area contributed by atoms with Gasteiger partial charge < -0.3 is 48.4 Å². The molecule has 0 N–H and O–H groups in total. The van der Waals surface area contributed by atoms with Crippen LogP contribution in [0.4, 0.5) is 0 Å². The molecule has 11 nitrogen and oxygen atoms in total. The topological polar surface area (TPSA) is 102 Å². The van der Waals surface area contributed by atoms with Crippen LogP contribution in [-0.2, 0) is 48.4 Å². The molecule has 0 unspecified atom stereocenters. The zero-order chi connectivity index (χ0) is 29.7. The molecule has 0 amide bonds. The lowest BCUT2D eigenvalue weighted by molar-refractivity contribution is 0.0424. The lowest BCUT2D eigenvalue weighted by Gasteiger charge is -2.40. The van der Waals surface area contributed by atoms with Gasteiger partial charge in [-0.15, -0.1) is 0 Å². The van der Waals surface area contributed by atoms with Gasteiger partial charge in [0.1, 0.15) is 0 Å². The maximum absolute atomic E-state index is 6.95. The zero-order valence-corrected chi connectivity index (χ0v) is 30.4. The average Bonchev–Trinajstić information content (AvgIpc) is 2.88. The second-order valence-corrected chi connectivity index (χ2v) is 19.3. The van der Waals surface area contributed by atoms with Gasteiger partial charge in [0.2, 0.25) is 0 Å². The smallest absolute Gasteiger partial charge is 0.374 e. The van der Waals surface area contributed by atoms with E-state index in [1.54, 1.807) is 0 Å². The fourth-order valence-electron chi connectivity index (χ4n) is 4.32. The van der Waals surface area contributed by atoms with E-state index >= 15 is 0 Å². The minimum absolute atomic E-state index is 0.414. The number of hydrogen-bond donors (Lipinski definition) is 0. The molecule has 0 aliphatic carbocycles. The molecule has 0 fully saturated rings. The molecule has 0 bridgehead atoms. The van der Waals surface area contributed by atoms with Crippen LogP contribution in [0.2, 0.25) is 24.2 Å². The van der Waals surface area contributed by atoms with E-state index in [0.29, 0.717) is 90.2 Å². The molecule has 0 aromatic rings. The Morgan fingerprint density at radius 2 is 0.410 bits per heavy atom. The minimum atomic E-state index is -3.35. The molecule has 236 valence electrons. The predicted octanol–water partition coefficient (Wildman–Crippen LogP) is 5.12. The molecular formula is C24H58O11Si4. The van der Waals surface area contributed by atoms with Crippen LogP contribution in [0.15, 0.2) is 0 Å². The third kappa shape index (κ3) is 14.0. The summed E-state index contributed by atoms with van der Waals surface area (Å²) >= 11 is 0. The lowest BCUT2D eigenvalue weighted by atomic mass is 10.9. The maximum atomic E-state index is 6.95. The largest absolute Gasteiger partial charge is 0.500 e. The second kappa shape index (κ2) is 22.0. The number of rotatable bonds is 28. The van der Waals surface area contributed by atoms with Crippen LogP contribution in [0.25, 0.3) is 0 Å². The fraction of sp³-hybridized carbons (Fsp3) is 1.00. The van der Waals surface area contributed by atoms with Crippen LogP contribution in [0, 0.1) is 0 Å². The summed E-state index contributed by atoms with van der Waals surface area (Å²) in [7, 11) is -12.7. The Morgan fingerprint density at radius 3 is 0.590 bits per heavy atom. The van der Waals surface area contributed by atoms with Crippen molar-refractivity contribution in [1.82, 2.24) is 0 Å². The van der Waals surface area contributed by atoms with Crippen LogP contribution in [0.5, 0.6) is 0 Å². The summed E-state index contributed by atoms with van der Waals surface area (Å²) in [5, 5.41) is 0. The van der Waals surface area contributed by atoms with E-state index in [1.165, 1.54) is 0 Å². The normalized spacial score (nSPS) is 13.4. The van der Waals surface area contributed by atoms with Crippen molar-refractivity contribution in [2.45, 2.75) is 93.4 Å². The van der Waals surface area contributed by atoms with Crippen molar-refractivity contribution in [3.63, 3.8) is 0 Å². The fourth-order valence-corrected chi connectivity index (χ4v) is 19.4. The maximum Gasteiger partial charge on any atom is 0.500 e. The molecule has 0 atom stereocenters. The molecule has 15 heteroatoms. The van der Waals surface area contributed by atoms with Gasteiger partial charge in [-0.25, -0.2) is 0 Å². The molecule has 0 aromatic heterocycles. The zero-order valence-electron chi connectivity index (χ0n) is 26.4. The summed E-state index contributed by atoms with van der Waals surface area (Å²) in [5.41, 5.74) is 0. The highest BCUT2D eigenvalue weighted by molar-refractivity contribution is 6.77. The van der Waals surface area contributed by atoms with Crippen molar-refractivity contribution in [2.75, 3.05) is 66.1 Å². The summed E-state index contributed by atoms with van der Waals surface area (Å²) in [6.45, 7) is 24.0. The highest BCUT2D eigenvalue weighted by Crippen LogP contribution is 2.33. The average molecular weight is 635 g/mol. The van der Waals surface area contributed by atoms with E-state index < -0.39 is 35.2 Å². The van der Waals surface area contributed by atoms with Gasteiger partial charge in [-0.1, -0.05) is 0 Å². The Hall–Kier alpha value is 0.428. The van der Waals surface area contributed by atoms with E-state index in [4.69, 9.17) is 48.4 Å². The van der Waals surface area contributed by atoms with Crippen LogP contribution >= 0.6 is 0 Å². The highest BCUT2D eigenvalue weighted by atomic mass is 28.5. The first-order chi connectivity index (χ1) is 18.7. The molecule has 0 rings (SSSR count). The molecule has 0 saturated carbocycles. The summed E-state index contributed by atoms with van der Waals surface area (Å²) in [6.07, 6.45) is 0. The van der Waals surface area contributed by atoms with Gasteiger partial charge in [-0.3, -0.25) is 0 Å². The molecule has 0 aliphatic rings. The molecule has 0 heterocycles. The van der Waals surface area contributed by atoms with Crippen molar-refractivity contribution in [2.24, 2.45) is 0 Å². The second-order valence-electron chi connectivity index (χ2n) is 8.16. The van der Waals surface area contributed by atoms with Crippen molar-refractivity contribution >= 4 is 35.2 Å². The van der Waals surface area contributed by atoms with E-state index in [2.05, 4.69) is 0 Å². The molecule has 0 radical (unpaired) electrons. The first-order valence-corrected chi connectivity index (χ1v) is 22.5. The van der Waals surface area contributed by atoms with Gasteiger partial charge in [0.15, 0.2) is 0 Å². The molecule has 0 spiro atoms. The van der Waals surface area contributed by atoms with Gasteiger partial charge in [0.05, 0.1) is 0 Å². The Morgan fingerprint density at radius 1 is 0.256 bits per heavy atom. The molecule has 0 saturated heterocycles. The predicted molar refractivity (Wildman–Crippen MR) is 160 cm³/mol. The summed E-state index contributed by atoms with van der Waals surface area (Å²) in [4.78, 5) is 0. The van der Waals surface area contributed by atoms with Crippen molar-refractivity contribution < 1.29 is 48.4 Å². The summed E-state index contributed by atoms with van der Waals surface area (Å²) in [5.74, 6) is 0. The van der Waals surface area contributed by atoms with E-state index in [9.17, 15) is 0 Å².